The molecule has 0 saturated carbocycles. The Kier molecular flexibility index (Phi) is 7.00. The van der Waals surface area contributed by atoms with Gasteiger partial charge in [-0.2, -0.15) is 0 Å². The lowest BCUT2D eigenvalue weighted by Crippen LogP contribution is -2.51. The zero-order valence-electron chi connectivity index (χ0n) is 18.1. The SMILES string of the molecule is Cc1nc(CC(=O)N2CCC([C@H]3CCCCN3C(=O)Cc3ccccc3F)CC2)cs1. The predicted molar refractivity (Wildman–Crippen MR) is 119 cm³/mol. The number of nitrogens with zero attached hydrogens (tertiary/aromatic N) is 3. The number of rotatable bonds is 5. The monoisotopic (exact) mass is 443 g/mol. The normalized spacial score (nSPS) is 20.1. The summed E-state index contributed by atoms with van der Waals surface area (Å²) in [6.45, 7) is 4.17. The van der Waals surface area contributed by atoms with Crippen LogP contribution >= 0.6 is 11.3 Å². The van der Waals surface area contributed by atoms with Gasteiger partial charge < -0.3 is 9.80 Å². The molecule has 7 heteroatoms. The molecule has 0 radical (unpaired) electrons. The quantitative estimate of drug-likeness (QED) is 0.702. The summed E-state index contributed by atoms with van der Waals surface area (Å²) in [6.07, 6.45) is 5.44. The Morgan fingerprint density at radius 1 is 1.06 bits per heavy atom. The van der Waals surface area contributed by atoms with Crippen molar-refractivity contribution in [2.45, 2.75) is 57.9 Å². The van der Waals surface area contributed by atoms with Gasteiger partial charge in [0.15, 0.2) is 0 Å². The Hall–Kier alpha value is -2.28. The zero-order valence-corrected chi connectivity index (χ0v) is 18.9. The molecule has 1 aromatic heterocycles. The number of hydrogen-bond acceptors (Lipinski definition) is 4. The largest absolute Gasteiger partial charge is 0.342 e. The molecule has 2 aromatic rings. The molecule has 2 saturated heterocycles. The molecule has 0 spiro atoms. The number of hydrogen-bond donors (Lipinski definition) is 0. The average Bonchev–Trinajstić information content (AvgIpc) is 3.20. The number of carbonyl (C=O) groups excluding carboxylic acids is 2. The molecule has 2 fully saturated rings. The number of aromatic nitrogens is 1. The van der Waals surface area contributed by atoms with Gasteiger partial charge in [0.2, 0.25) is 11.8 Å². The Morgan fingerprint density at radius 3 is 2.55 bits per heavy atom. The Bertz CT molecular complexity index is 923. The van der Waals surface area contributed by atoms with Crippen molar-refractivity contribution < 1.29 is 14.0 Å². The van der Waals surface area contributed by atoms with Gasteiger partial charge in [-0.1, -0.05) is 18.2 Å². The van der Waals surface area contributed by atoms with E-state index in [0.29, 0.717) is 17.9 Å². The third-order valence-corrected chi connectivity index (χ3v) is 7.43. The minimum Gasteiger partial charge on any atom is -0.342 e. The molecule has 0 aliphatic carbocycles. The van der Waals surface area contributed by atoms with Crippen LogP contribution in [0.5, 0.6) is 0 Å². The molecule has 0 N–H and O–H groups in total. The highest BCUT2D eigenvalue weighted by molar-refractivity contribution is 7.09. The first kappa shape index (κ1) is 21.9. The van der Waals surface area contributed by atoms with E-state index in [1.807, 2.05) is 22.1 Å². The number of carbonyl (C=O) groups is 2. The van der Waals surface area contributed by atoms with Crippen LogP contribution in [0, 0.1) is 18.7 Å². The maximum atomic E-state index is 14.0. The van der Waals surface area contributed by atoms with E-state index in [1.165, 1.54) is 6.07 Å². The summed E-state index contributed by atoms with van der Waals surface area (Å²) < 4.78 is 14.0. The topological polar surface area (TPSA) is 53.5 Å². The average molecular weight is 444 g/mol. The van der Waals surface area contributed by atoms with Crippen LogP contribution in [-0.4, -0.2) is 52.3 Å². The fourth-order valence-electron chi connectivity index (χ4n) is 4.95. The molecular formula is C24H30FN3O2S. The van der Waals surface area contributed by atoms with E-state index in [2.05, 4.69) is 4.98 Å². The fraction of sp³-hybridized carbons (Fsp3) is 0.542. The molecule has 2 aliphatic heterocycles. The lowest BCUT2D eigenvalue weighted by molar-refractivity contribution is -0.138. The molecule has 0 bridgehead atoms. The number of benzene rings is 1. The summed E-state index contributed by atoms with van der Waals surface area (Å²) in [6, 6.07) is 6.73. The number of amides is 2. The van der Waals surface area contributed by atoms with Gasteiger partial charge in [0.25, 0.3) is 0 Å². The van der Waals surface area contributed by atoms with E-state index < -0.39 is 0 Å². The molecule has 2 amide bonds. The van der Waals surface area contributed by atoms with Crippen LogP contribution in [0.2, 0.25) is 0 Å². The van der Waals surface area contributed by atoms with Crippen LogP contribution in [-0.2, 0) is 22.4 Å². The number of aryl methyl sites for hydroxylation is 1. The second-order valence-electron chi connectivity index (χ2n) is 8.67. The van der Waals surface area contributed by atoms with E-state index in [9.17, 15) is 14.0 Å². The first-order valence-corrected chi connectivity index (χ1v) is 12.1. The molecule has 31 heavy (non-hydrogen) atoms. The van der Waals surface area contributed by atoms with Crippen LogP contribution in [0.15, 0.2) is 29.6 Å². The van der Waals surface area contributed by atoms with Crippen molar-refractivity contribution in [3.05, 3.63) is 51.7 Å². The molecule has 3 heterocycles. The van der Waals surface area contributed by atoms with Gasteiger partial charge in [0.05, 0.1) is 23.5 Å². The summed E-state index contributed by atoms with van der Waals surface area (Å²) in [5.41, 5.74) is 1.32. The van der Waals surface area contributed by atoms with Gasteiger partial charge in [0, 0.05) is 31.1 Å². The van der Waals surface area contributed by atoms with Crippen molar-refractivity contribution >= 4 is 23.2 Å². The number of halogens is 1. The number of piperidine rings is 2. The zero-order chi connectivity index (χ0) is 21.8. The molecule has 4 rings (SSSR count). The summed E-state index contributed by atoms with van der Waals surface area (Å²) in [7, 11) is 0. The molecule has 2 aliphatic rings. The lowest BCUT2D eigenvalue weighted by Gasteiger charge is -2.44. The summed E-state index contributed by atoms with van der Waals surface area (Å²) >= 11 is 1.57. The van der Waals surface area contributed by atoms with Gasteiger partial charge in [-0.25, -0.2) is 9.37 Å². The van der Waals surface area contributed by atoms with Gasteiger partial charge in [-0.05, 0) is 56.6 Å². The van der Waals surface area contributed by atoms with Crippen LogP contribution in [0.1, 0.15) is 48.4 Å². The summed E-state index contributed by atoms with van der Waals surface area (Å²) in [5, 5.41) is 2.94. The van der Waals surface area contributed by atoms with Gasteiger partial charge in [-0.15, -0.1) is 11.3 Å². The third-order valence-electron chi connectivity index (χ3n) is 6.60. The van der Waals surface area contributed by atoms with Crippen molar-refractivity contribution in [3.8, 4) is 0 Å². The van der Waals surface area contributed by atoms with E-state index in [0.717, 1.165) is 62.4 Å². The van der Waals surface area contributed by atoms with Crippen molar-refractivity contribution in [3.63, 3.8) is 0 Å². The lowest BCUT2D eigenvalue weighted by atomic mass is 9.83. The van der Waals surface area contributed by atoms with Crippen molar-refractivity contribution in [1.29, 1.82) is 0 Å². The highest BCUT2D eigenvalue weighted by Gasteiger charge is 2.35. The third kappa shape index (κ3) is 5.32. The second-order valence-corrected chi connectivity index (χ2v) is 9.73. The molecule has 1 aromatic carbocycles. The Balaban J connectivity index is 1.34. The smallest absolute Gasteiger partial charge is 0.228 e. The first-order valence-electron chi connectivity index (χ1n) is 11.2. The van der Waals surface area contributed by atoms with Crippen molar-refractivity contribution in [2.24, 2.45) is 5.92 Å². The van der Waals surface area contributed by atoms with E-state index in [4.69, 9.17) is 0 Å². The standard InChI is InChI=1S/C24H30FN3O2S/c1-17-26-20(16-31-17)15-23(29)27-12-9-18(10-13-27)22-8-4-5-11-28(22)24(30)14-19-6-2-3-7-21(19)25/h2-3,6-7,16,18,22H,4-5,8-15H2,1H3/t22-/m1/s1. The van der Waals surface area contributed by atoms with Crippen molar-refractivity contribution in [2.75, 3.05) is 19.6 Å². The molecule has 0 unspecified atom stereocenters. The molecule has 166 valence electrons. The Morgan fingerprint density at radius 2 is 1.84 bits per heavy atom. The Labute approximate surface area is 187 Å². The highest BCUT2D eigenvalue weighted by Crippen LogP contribution is 2.31. The number of likely N-dealkylation sites (tertiary alicyclic amines) is 2. The van der Waals surface area contributed by atoms with Crippen molar-refractivity contribution in [1.82, 2.24) is 14.8 Å². The van der Waals surface area contributed by atoms with Crippen LogP contribution < -0.4 is 0 Å². The fourth-order valence-corrected chi connectivity index (χ4v) is 5.57. The molecule has 1 atom stereocenters. The maximum absolute atomic E-state index is 14.0. The van der Waals surface area contributed by atoms with E-state index in [-0.39, 0.29) is 30.1 Å². The van der Waals surface area contributed by atoms with Crippen LogP contribution in [0.3, 0.4) is 0 Å². The molecular weight excluding hydrogens is 413 g/mol. The van der Waals surface area contributed by atoms with Crippen LogP contribution in [0.4, 0.5) is 4.39 Å². The van der Waals surface area contributed by atoms with Gasteiger partial charge in [0.1, 0.15) is 5.82 Å². The molecule has 5 nitrogen and oxygen atoms in total. The van der Waals surface area contributed by atoms with E-state index in [1.54, 1.807) is 29.5 Å². The van der Waals surface area contributed by atoms with Gasteiger partial charge >= 0.3 is 0 Å². The number of thiazole rings is 1. The van der Waals surface area contributed by atoms with Crippen LogP contribution in [0.25, 0.3) is 0 Å². The minimum atomic E-state index is -0.313. The second kappa shape index (κ2) is 9.90. The summed E-state index contributed by atoms with van der Waals surface area (Å²) in [5.74, 6) is 0.245. The predicted octanol–water partition coefficient (Wildman–Crippen LogP) is 4.00. The maximum Gasteiger partial charge on any atom is 0.228 e. The van der Waals surface area contributed by atoms with E-state index >= 15 is 0 Å². The minimum absolute atomic E-state index is 0.0206. The highest BCUT2D eigenvalue weighted by atomic mass is 32.1. The van der Waals surface area contributed by atoms with Gasteiger partial charge in [-0.3, -0.25) is 9.59 Å². The first-order chi connectivity index (χ1) is 15.0. The summed E-state index contributed by atoms with van der Waals surface area (Å²) in [4.78, 5) is 34.0.